The predicted octanol–water partition coefficient (Wildman–Crippen LogP) is 0.167. The van der Waals surface area contributed by atoms with Gasteiger partial charge in [0.25, 0.3) is 0 Å². The molecule has 1 N–H and O–H groups in total. The largest absolute Gasteiger partial charge is 0.546 e. The highest BCUT2D eigenvalue weighted by Crippen LogP contribution is 2.16. The van der Waals surface area contributed by atoms with Crippen LogP contribution in [0.1, 0.15) is 22.3 Å². The first-order valence-electron chi connectivity index (χ1n) is 9.61. The number of rotatable bonds is 7. The van der Waals surface area contributed by atoms with E-state index in [1.807, 2.05) is 12.1 Å². The van der Waals surface area contributed by atoms with Gasteiger partial charge in [0.2, 0.25) is 0 Å². The molecule has 2 aromatic rings. The molecule has 6 heteroatoms. The standard InChI is InChI=1S/C22H27N3O3/c1-17-7-8-20(18(2)13-17)15-24-9-11-25(12-10-24)23-14-19-5-3-4-6-21(19)28-16-22(26)27/h3-8,13-14H,9-12,15-16H2,1-2H3,(H,26,27)/b23-14-. The second-order valence-electron chi connectivity index (χ2n) is 7.25. The highest BCUT2D eigenvalue weighted by Gasteiger charge is 2.19. The fourth-order valence-electron chi connectivity index (χ4n) is 3.42. The lowest BCUT2D eigenvalue weighted by Crippen LogP contribution is -3.13. The third-order valence-electron chi connectivity index (χ3n) is 5.01. The van der Waals surface area contributed by atoms with Crippen molar-refractivity contribution in [1.82, 2.24) is 5.01 Å². The summed E-state index contributed by atoms with van der Waals surface area (Å²) >= 11 is 0. The summed E-state index contributed by atoms with van der Waals surface area (Å²) in [6.07, 6.45) is 1.74. The van der Waals surface area contributed by atoms with Crippen LogP contribution in [0.3, 0.4) is 0 Å². The number of ether oxygens (including phenoxy) is 1. The molecule has 0 radical (unpaired) electrons. The van der Waals surface area contributed by atoms with Gasteiger partial charge in [-0.05, 0) is 31.5 Å². The van der Waals surface area contributed by atoms with Gasteiger partial charge in [0.05, 0.1) is 38.4 Å². The number of benzene rings is 2. The fourth-order valence-corrected chi connectivity index (χ4v) is 3.42. The van der Waals surface area contributed by atoms with Gasteiger partial charge in [-0.25, -0.2) is 0 Å². The number of para-hydroxylation sites is 1. The van der Waals surface area contributed by atoms with Crippen LogP contribution in [0, 0.1) is 13.8 Å². The summed E-state index contributed by atoms with van der Waals surface area (Å²) < 4.78 is 5.27. The van der Waals surface area contributed by atoms with Gasteiger partial charge in [-0.1, -0.05) is 35.9 Å². The normalized spacial score (nSPS) is 15.1. The van der Waals surface area contributed by atoms with Crippen molar-refractivity contribution in [2.24, 2.45) is 5.10 Å². The molecule has 1 saturated heterocycles. The van der Waals surface area contributed by atoms with Crippen molar-refractivity contribution in [2.75, 3.05) is 32.8 Å². The third-order valence-corrected chi connectivity index (χ3v) is 5.01. The van der Waals surface area contributed by atoms with Crippen LogP contribution in [-0.4, -0.2) is 50.0 Å². The Morgan fingerprint density at radius 2 is 1.96 bits per heavy atom. The second-order valence-corrected chi connectivity index (χ2v) is 7.25. The molecule has 0 unspecified atom stereocenters. The molecule has 1 fully saturated rings. The lowest BCUT2D eigenvalue weighted by atomic mass is 10.1. The van der Waals surface area contributed by atoms with Crippen molar-refractivity contribution in [1.29, 1.82) is 0 Å². The van der Waals surface area contributed by atoms with Crippen LogP contribution in [0.15, 0.2) is 47.6 Å². The van der Waals surface area contributed by atoms with E-state index in [0.29, 0.717) is 5.75 Å². The van der Waals surface area contributed by atoms with Gasteiger partial charge in [-0.2, -0.15) is 5.10 Å². The molecule has 0 spiro atoms. The zero-order valence-corrected chi connectivity index (χ0v) is 16.5. The Morgan fingerprint density at radius 3 is 2.68 bits per heavy atom. The summed E-state index contributed by atoms with van der Waals surface area (Å²) in [4.78, 5) is 12.2. The monoisotopic (exact) mass is 381 g/mol. The van der Waals surface area contributed by atoms with Gasteiger partial charge in [0.15, 0.2) is 0 Å². The zero-order valence-electron chi connectivity index (χ0n) is 16.5. The minimum Gasteiger partial charge on any atom is -0.546 e. The summed E-state index contributed by atoms with van der Waals surface area (Å²) in [5.41, 5.74) is 4.84. The first kappa shape index (κ1) is 19.9. The molecule has 28 heavy (non-hydrogen) atoms. The number of aliphatic carboxylic acids is 1. The van der Waals surface area contributed by atoms with Crippen molar-refractivity contribution < 1.29 is 19.5 Å². The van der Waals surface area contributed by atoms with Crippen LogP contribution >= 0.6 is 0 Å². The number of carbonyl (C=O) groups is 1. The average Bonchev–Trinajstić information content (AvgIpc) is 2.68. The first-order chi connectivity index (χ1) is 13.5. The van der Waals surface area contributed by atoms with E-state index in [4.69, 9.17) is 4.74 Å². The molecule has 1 aliphatic rings. The zero-order chi connectivity index (χ0) is 19.9. The van der Waals surface area contributed by atoms with Gasteiger partial charge in [0, 0.05) is 11.1 Å². The maximum Gasteiger partial charge on any atom is 0.128 e. The smallest absolute Gasteiger partial charge is 0.128 e. The van der Waals surface area contributed by atoms with E-state index in [1.54, 1.807) is 23.2 Å². The number of carboxylic acid groups (broad SMARTS) is 1. The summed E-state index contributed by atoms with van der Waals surface area (Å²) in [6, 6.07) is 13.9. The molecule has 1 aliphatic heterocycles. The SMILES string of the molecule is Cc1ccc(C[NH+]2CCN(/N=C\c3ccccc3OCC(=O)[O-])CC2)c(C)c1. The third kappa shape index (κ3) is 5.57. The van der Waals surface area contributed by atoms with Gasteiger partial charge >= 0.3 is 0 Å². The van der Waals surface area contributed by atoms with E-state index in [9.17, 15) is 9.90 Å². The maximum atomic E-state index is 10.6. The Labute approximate surface area is 166 Å². The molecule has 0 aliphatic carbocycles. The number of hydrogen-bond acceptors (Lipinski definition) is 5. The molecular formula is C22H27N3O3. The van der Waals surface area contributed by atoms with Crippen LogP contribution in [-0.2, 0) is 11.3 Å². The van der Waals surface area contributed by atoms with Gasteiger partial charge in [-0.3, -0.25) is 5.01 Å². The minimum absolute atomic E-state index is 0.467. The van der Waals surface area contributed by atoms with Gasteiger partial charge in [0.1, 0.15) is 18.9 Å². The van der Waals surface area contributed by atoms with E-state index >= 15 is 0 Å². The van der Waals surface area contributed by atoms with E-state index in [2.05, 4.69) is 42.2 Å². The lowest BCUT2D eigenvalue weighted by molar-refractivity contribution is -0.918. The highest BCUT2D eigenvalue weighted by atomic mass is 16.5. The second kappa shape index (κ2) is 9.37. The van der Waals surface area contributed by atoms with Crippen LogP contribution in [0.2, 0.25) is 0 Å². The summed E-state index contributed by atoms with van der Waals surface area (Å²) in [6.45, 7) is 8.73. The van der Waals surface area contributed by atoms with Crippen LogP contribution in [0.5, 0.6) is 5.75 Å². The molecule has 3 rings (SSSR count). The summed E-state index contributed by atoms with van der Waals surface area (Å²) in [5.74, 6) is -0.746. The van der Waals surface area contributed by atoms with Gasteiger partial charge in [-0.15, -0.1) is 0 Å². The predicted molar refractivity (Wildman–Crippen MR) is 106 cm³/mol. The molecule has 0 amide bonds. The number of quaternary nitrogens is 1. The van der Waals surface area contributed by atoms with E-state index < -0.39 is 12.6 Å². The number of aryl methyl sites for hydroxylation is 2. The Morgan fingerprint density at radius 1 is 1.21 bits per heavy atom. The Bertz CT molecular complexity index is 843. The van der Waals surface area contributed by atoms with Crippen molar-refractivity contribution >= 4 is 12.2 Å². The summed E-state index contributed by atoms with van der Waals surface area (Å²) in [5, 5.41) is 17.2. The lowest BCUT2D eigenvalue weighted by Gasteiger charge is -2.30. The molecule has 0 saturated carbocycles. The maximum absolute atomic E-state index is 10.6. The van der Waals surface area contributed by atoms with Gasteiger partial charge < -0.3 is 19.5 Å². The van der Waals surface area contributed by atoms with E-state index in [0.717, 1.165) is 38.3 Å². The number of nitrogens with one attached hydrogen (secondary N) is 1. The molecular weight excluding hydrogens is 354 g/mol. The van der Waals surface area contributed by atoms with Crippen molar-refractivity contribution in [3.63, 3.8) is 0 Å². The number of piperazine rings is 1. The van der Waals surface area contributed by atoms with Crippen LogP contribution < -0.4 is 14.7 Å². The van der Waals surface area contributed by atoms with Crippen LogP contribution in [0.4, 0.5) is 0 Å². The summed E-state index contributed by atoms with van der Waals surface area (Å²) in [7, 11) is 0. The van der Waals surface area contributed by atoms with E-state index in [-0.39, 0.29) is 0 Å². The fraction of sp³-hybridized carbons (Fsp3) is 0.364. The Hall–Kier alpha value is -2.86. The number of carboxylic acids is 1. The topological polar surface area (TPSA) is 69.4 Å². The molecule has 0 aromatic heterocycles. The molecule has 2 aromatic carbocycles. The van der Waals surface area contributed by atoms with Crippen molar-refractivity contribution in [3.05, 3.63) is 64.7 Å². The molecule has 148 valence electrons. The Balaban J connectivity index is 1.53. The molecule has 1 heterocycles. The number of carbonyl (C=O) groups excluding carboxylic acids is 1. The first-order valence-corrected chi connectivity index (χ1v) is 9.61. The van der Waals surface area contributed by atoms with Crippen molar-refractivity contribution in [3.8, 4) is 5.75 Å². The quantitative estimate of drug-likeness (QED) is 0.694. The molecule has 0 bridgehead atoms. The molecule has 6 nitrogen and oxygen atoms in total. The van der Waals surface area contributed by atoms with Crippen LogP contribution in [0.25, 0.3) is 0 Å². The molecule has 0 atom stereocenters. The average molecular weight is 381 g/mol. The van der Waals surface area contributed by atoms with E-state index in [1.165, 1.54) is 16.7 Å². The highest BCUT2D eigenvalue weighted by molar-refractivity contribution is 5.83. The number of nitrogens with zero attached hydrogens (tertiary/aromatic N) is 2. The van der Waals surface area contributed by atoms with Crippen molar-refractivity contribution in [2.45, 2.75) is 20.4 Å². The number of hydrazone groups is 1. The number of hydrogen-bond donors (Lipinski definition) is 1. The Kier molecular flexibility index (Phi) is 6.66. The minimum atomic E-state index is -1.24.